The van der Waals surface area contributed by atoms with E-state index in [1.807, 2.05) is 82.6 Å². The van der Waals surface area contributed by atoms with Crippen LogP contribution < -0.4 is 22.2 Å². The van der Waals surface area contributed by atoms with Crippen LogP contribution in [-0.4, -0.2) is 101 Å². The van der Waals surface area contributed by atoms with Crippen molar-refractivity contribution >= 4 is 94.8 Å². The van der Waals surface area contributed by atoms with Crippen molar-refractivity contribution in [1.82, 2.24) is 49.8 Å². The molecule has 8 aromatic rings. The Morgan fingerprint density at radius 1 is 0.683 bits per heavy atom. The molecule has 1 saturated heterocycles. The van der Waals surface area contributed by atoms with Crippen molar-refractivity contribution < 1.29 is 55.7 Å². The summed E-state index contributed by atoms with van der Waals surface area (Å²) in [6.45, 7) is 20.0. The summed E-state index contributed by atoms with van der Waals surface area (Å²) < 4.78 is 105. The maximum atomic E-state index is 13.2. The van der Waals surface area contributed by atoms with Gasteiger partial charge >= 0.3 is 19.5 Å². The zero-order valence-electron chi connectivity index (χ0n) is 48.6. The van der Waals surface area contributed by atoms with Gasteiger partial charge in [-0.05, 0) is 122 Å². The summed E-state index contributed by atoms with van der Waals surface area (Å²) >= 11 is 2.15. The molecule has 28 heteroatoms. The van der Waals surface area contributed by atoms with Gasteiger partial charge in [0.1, 0.15) is 50.3 Å². The van der Waals surface area contributed by atoms with E-state index in [0.717, 1.165) is 65.1 Å². The molecule has 0 bridgehead atoms. The number of carbonyl (C=O) groups is 2. The highest BCUT2D eigenvalue weighted by Crippen LogP contribution is 2.42. The second-order valence-electron chi connectivity index (χ2n) is 21.8. The predicted molar refractivity (Wildman–Crippen MR) is 310 cm³/mol. The lowest BCUT2D eigenvalue weighted by atomic mass is 9.78. The SMILES string of the molecule is CC(C)n1nc(-c2ccc(CC(=O)Nc3cc(C(C)(C)C(F)(F)F)on3)cc2)c2c(N)ncnc21.CC(C)n1nc(I)c2c(N)ncnc21.CC1(C)OB(c2ccc(CC(=O)Cc3cc(C(C)(C)C(F)(F)F)on3)cc2)OC1(C)C.[3H-].[B-].[CH3-]. The van der Waals surface area contributed by atoms with E-state index in [9.17, 15) is 35.9 Å². The number of ketones is 1. The van der Waals surface area contributed by atoms with Crippen molar-refractivity contribution in [1.29, 1.82) is 0 Å². The molecule has 4 radical (unpaired) electrons. The predicted octanol–water partition coefficient (Wildman–Crippen LogP) is 10.6. The first kappa shape index (κ1) is 65.9. The zero-order chi connectivity index (χ0) is 59.1. The molecule has 0 aliphatic carbocycles. The molecule has 1 aliphatic rings. The highest BCUT2D eigenvalue weighted by molar-refractivity contribution is 14.1. The van der Waals surface area contributed by atoms with E-state index in [0.29, 0.717) is 33.9 Å². The van der Waals surface area contributed by atoms with Gasteiger partial charge in [0, 0.05) is 36.2 Å². The number of benzene rings is 2. The van der Waals surface area contributed by atoms with Crippen molar-refractivity contribution in [2.24, 2.45) is 0 Å². The van der Waals surface area contributed by atoms with Crippen molar-refractivity contribution in [2.75, 3.05) is 16.8 Å². The van der Waals surface area contributed by atoms with Crippen molar-refractivity contribution in [2.45, 2.75) is 149 Å². The van der Waals surface area contributed by atoms with Gasteiger partial charge in [0.25, 0.3) is 0 Å². The van der Waals surface area contributed by atoms with Crippen LogP contribution in [0.5, 0.6) is 0 Å². The molecule has 2 aromatic carbocycles. The quantitative estimate of drug-likeness (QED) is 0.0420. The van der Waals surface area contributed by atoms with Gasteiger partial charge in [0.15, 0.2) is 28.6 Å². The topological polar surface area (TPSA) is 256 Å². The van der Waals surface area contributed by atoms with Gasteiger partial charge in [-0.1, -0.05) is 58.8 Å². The van der Waals surface area contributed by atoms with Gasteiger partial charge < -0.3 is 52.4 Å². The second kappa shape index (κ2) is 24.9. The Labute approximate surface area is 487 Å². The van der Waals surface area contributed by atoms with Gasteiger partial charge in [0.2, 0.25) is 5.91 Å². The number of aromatic nitrogens is 10. The van der Waals surface area contributed by atoms with Gasteiger partial charge in [0.05, 0.1) is 40.5 Å². The number of Topliss-reactive ketones (excluding diaryl/α,β-unsaturated/α-hetero) is 1. The lowest BCUT2D eigenvalue weighted by molar-refractivity contribution is -0.186. The fourth-order valence-corrected chi connectivity index (χ4v) is 8.64. The Morgan fingerprint density at radius 3 is 1.67 bits per heavy atom. The number of nitrogens with one attached hydrogen (secondary N) is 1. The number of carbonyl (C=O) groups excluding carboxylic acids is 2. The smallest absolute Gasteiger partial charge is 0.494 e. The highest BCUT2D eigenvalue weighted by atomic mass is 127. The van der Waals surface area contributed by atoms with E-state index < -0.39 is 47.4 Å². The Balaban J connectivity index is 0.000000283. The van der Waals surface area contributed by atoms with Crippen LogP contribution in [0.4, 0.5) is 43.8 Å². The molecule has 0 unspecified atom stereocenters. The summed E-state index contributed by atoms with van der Waals surface area (Å²) in [7, 11) is -0.486. The minimum atomic E-state index is -4.53. The number of amides is 1. The van der Waals surface area contributed by atoms with E-state index in [1.54, 1.807) is 16.8 Å². The average molecular weight is 1260 g/mol. The third kappa shape index (κ3) is 14.1. The maximum absolute atomic E-state index is 13.2. The molecule has 7 heterocycles. The molecule has 0 spiro atoms. The van der Waals surface area contributed by atoms with Crippen LogP contribution in [0.3, 0.4) is 0 Å². The molecule has 1 fully saturated rings. The Bertz CT molecular complexity index is 3500. The molecule has 9 rings (SSSR count). The molecule has 1 aliphatic heterocycles. The maximum Gasteiger partial charge on any atom is 0.494 e. The number of halogens is 7. The Morgan fingerprint density at radius 2 is 1.15 bits per heavy atom. The van der Waals surface area contributed by atoms with E-state index in [1.165, 1.54) is 18.7 Å². The first-order valence-corrected chi connectivity index (χ1v) is 26.2. The van der Waals surface area contributed by atoms with E-state index in [2.05, 4.69) is 82.2 Å². The van der Waals surface area contributed by atoms with Crippen LogP contribution in [0.25, 0.3) is 33.3 Å². The summed E-state index contributed by atoms with van der Waals surface area (Å²) in [5, 5.41) is 20.2. The molecule has 82 heavy (non-hydrogen) atoms. The molecule has 5 N–H and O–H groups in total. The van der Waals surface area contributed by atoms with Crippen molar-refractivity contribution in [3.63, 3.8) is 0 Å². The van der Waals surface area contributed by atoms with E-state index >= 15 is 0 Å². The minimum Gasteiger partial charge on any atom is -1.00 e. The van der Waals surface area contributed by atoms with Gasteiger partial charge in [-0.2, -0.15) is 36.5 Å². The summed E-state index contributed by atoms with van der Waals surface area (Å²) in [5.41, 5.74) is 11.9. The van der Waals surface area contributed by atoms with E-state index in [-0.39, 0.29) is 77.4 Å². The van der Waals surface area contributed by atoms with E-state index in [4.69, 9.17) is 29.8 Å². The second-order valence-corrected chi connectivity index (χ2v) is 22.8. The summed E-state index contributed by atoms with van der Waals surface area (Å²) in [6, 6.07) is 17.1. The minimum absolute atomic E-state index is 0. The number of nitrogens with two attached hydrogens (primary N) is 2. The Kier molecular flexibility index (Phi) is 20.0. The molecule has 1 amide bonds. The van der Waals surface area contributed by atoms with Crippen molar-refractivity contribution in [3.8, 4) is 11.3 Å². The van der Waals surface area contributed by atoms with Crippen molar-refractivity contribution in [3.05, 3.63) is 113 Å². The number of hydrogen-bond donors (Lipinski definition) is 3. The number of hydrogen-bond acceptors (Lipinski definition) is 16. The first-order valence-electron chi connectivity index (χ1n) is 25.2. The van der Waals surface area contributed by atoms with Gasteiger partial charge in [-0.15, -0.1) is 0 Å². The van der Waals surface area contributed by atoms with Crippen LogP contribution in [0.1, 0.15) is 125 Å². The average Bonchev–Trinajstić information content (AvgIpc) is 4.35. The highest BCUT2D eigenvalue weighted by Gasteiger charge is 2.53. The van der Waals surface area contributed by atoms with Crippen LogP contribution in [0.2, 0.25) is 0 Å². The fraction of sp³-hybridized carbons (Fsp3) is 0.426. The number of rotatable bonds is 13. The van der Waals surface area contributed by atoms with Gasteiger partial charge in [-0.3, -0.25) is 9.59 Å². The number of anilines is 3. The number of nitrogens with zero attached hydrogens (tertiary/aromatic N) is 10. The standard InChI is InChI=1S/C23H24F3N7O2.C22H27BF3NO4.C8H10IN5.CH3.B.H/c1-12(2)33-21-18(20(27)28-11-29-21)19(31-33)14-7-5-13(6-8-14)9-17(34)30-16-10-15(35-32-16)22(3,4)23(24,25)26;1-19(2,22(24,25)26)18-13-16(27-29-18)12-17(28)11-14-7-9-15(10-8-14)23-30-20(3,4)21(5,6)31-23;1-4(2)14-8-5(6(9)13-14)7(10)11-3-12-8;;;/h5-8,10-12H,9H2,1-4H3,(H2,27,28,29)(H,30,32,34);7-10,13H,11-12H2,1-6H3;3-4H,1-2H3,(H2,10,11,12);1H3;;/q;;;3*-1/i;;;;;1+2. The lowest BCUT2D eigenvalue weighted by Crippen LogP contribution is -2.41. The lowest BCUT2D eigenvalue weighted by Gasteiger charge is -2.32. The molecular formula is C54H65B2F6IN13O6-3. The number of fused-ring (bicyclic) bond motifs is 2. The monoisotopic (exact) mass is 1260 g/mol. The fourth-order valence-electron chi connectivity index (χ4n) is 7.89. The third-order valence-corrected chi connectivity index (χ3v) is 14.6. The largest absolute Gasteiger partial charge is 1.00 e. The molecule has 0 atom stereocenters. The Hall–Kier alpha value is -6.94. The molecule has 440 valence electrons. The van der Waals surface area contributed by atoms with Crippen LogP contribution in [0, 0.1) is 11.1 Å². The molecule has 19 nitrogen and oxygen atoms in total. The van der Waals surface area contributed by atoms with Crippen LogP contribution >= 0.6 is 22.6 Å². The molecule has 0 saturated carbocycles. The summed E-state index contributed by atoms with van der Waals surface area (Å²) in [4.78, 5) is 41.4. The third-order valence-electron chi connectivity index (χ3n) is 13.8. The van der Waals surface area contributed by atoms with Crippen LogP contribution in [0.15, 0.2) is 82.4 Å². The summed E-state index contributed by atoms with van der Waals surface area (Å²) in [6.07, 6.45) is -6.13. The zero-order valence-corrected chi connectivity index (χ0v) is 49.7. The summed E-state index contributed by atoms with van der Waals surface area (Å²) in [5.74, 6) is -0.592. The first-order chi connectivity index (χ1) is 37.1. The molecular weight excluding hydrogens is 1190 g/mol. The number of nitrogen functional groups attached to an aromatic ring is 2. The normalized spacial score (nSPS) is 14.2. The number of alkyl halides is 6. The van der Waals surface area contributed by atoms with Crippen LogP contribution in [-0.2, 0) is 49.0 Å². The molecule has 6 aromatic heterocycles. The van der Waals surface area contributed by atoms with Gasteiger partial charge in [-0.25, -0.2) is 29.3 Å².